The number of aromatic amines is 2. The van der Waals surface area contributed by atoms with E-state index in [1.807, 2.05) is 43.6 Å². The van der Waals surface area contributed by atoms with E-state index in [9.17, 15) is 4.79 Å². The summed E-state index contributed by atoms with van der Waals surface area (Å²) in [5.41, 5.74) is 6.44. The smallest absolute Gasteiger partial charge is 0.224 e. The molecule has 0 radical (unpaired) electrons. The number of likely N-dealkylation sites (N-methyl/N-ethyl adjacent to an activating group) is 1. The monoisotopic (exact) mass is 494 g/mol. The lowest BCUT2D eigenvalue weighted by Gasteiger charge is -2.33. The van der Waals surface area contributed by atoms with E-state index >= 15 is 0 Å². The molecule has 0 spiro atoms. The lowest BCUT2D eigenvalue weighted by atomic mass is 10.0. The molecule has 37 heavy (non-hydrogen) atoms. The van der Waals surface area contributed by atoms with Crippen LogP contribution in [-0.4, -0.2) is 69.2 Å². The fraction of sp³-hybridized carbons (Fsp3) is 0.286. The Bertz CT molecular complexity index is 1580. The van der Waals surface area contributed by atoms with Crippen molar-refractivity contribution in [2.24, 2.45) is 0 Å². The Labute approximate surface area is 214 Å². The van der Waals surface area contributed by atoms with Gasteiger partial charge in [0, 0.05) is 61.3 Å². The first-order valence-corrected chi connectivity index (χ1v) is 12.7. The van der Waals surface area contributed by atoms with E-state index in [0.717, 1.165) is 82.7 Å². The van der Waals surface area contributed by atoms with E-state index in [1.165, 1.54) is 0 Å². The molecule has 0 saturated carbocycles. The van der Waals surface area contributed by atoms with Crippen LogP contribution in [0.1, 0.15) is 19.8 Å². The standard InChI is InChI=1S/C28H30N8O/c1-3-4-26(37)31-20-13-19(16-29-17-20)18-5-6-24-21(14-18)27(34-33-24)25-15-22-23(32-25)7-8-30-28(22)36-11-9-35(2)10-12-36/h5-8,13-17,32H,3-4,9-12H2,1-2H3,(H,31,37)(H,33,34). The summed E-state index contributed by atoms with van der Waals surface area (Å²) >= 11 is 0. The van der Waals surface area contributed by atoms with Gasteiger partial charge in [-0.05, 0) is 49.4 Å². The number of rotatable bonds is 6. The maximum Gasteiger partial charge on any atom is 0.224 e. The number of amides is 1. The van der Waals surface area contributed by atoms with Crippen LogP contribution in [0.15, 0.2) is 55.0 Å². The Hall–Kier alpha value is -4.24. The molecule has 4 aromatic heterocycles. The number of fused-ring (bicyclic) bond motifs is 2. The minimum atomic E-state index is -0.00160. The second-order valence-electron chi connectivity index (χ2n) is 9.66. The number of pyridine rings is 2. The molecule has 1 saturated heterocycles. The Balaban J connectivity index is 1.35. The van der Waals surface area contributed by atoms with Crippen molar-refractivity contribution < 1.29 is 4.79 Å². The Morgan fingerprint density at radius 2 is 1.86 bits per heavy atom. The average Bonchev–Trinajstić information content (AvgIpc) is 3.53. The zero-order valence-electron chi connectivity index (χ0n) is 21.1. The molecule has 9 heteroatoms. The fourth-order valence-corrected chi connectivity index (χ4v) is 4.95. The second-order valence-corrected chi connectivity index (χ2v) is 9.66. The van der Waals surface area contributed by atoms with Gasteiger partial charge in [-0.3, -0.25) is 14.9 Å². The zero-order chi connectivity index (χ0) is 25.4. The maximum atomic E-state index is 12.1. The van der Waals surface area contributed by atoms with Crippen LogP contribution < -0.4 is 10.2 Å². The Morgan fingerprint density at radius 1 is 1.00 bits per heavy atom. The van der Waals surface area contributed by atoms with Gasteiger partial charge in [0.25, 0.3) is 0 Å². The minimum absolute atomic E-state index is 0.00160. The van der Waals surface area contributed by atoms with Crippen LogP contribution in [0.5, 0.6) is 0 Å². The number of carbonyl (C=O) groups is 1. The van der Waals surface area contributed by atoms with E-state index in [1.54, 1.807) is 6.20 Å². The summed E-state index contributed by atoms with van der Waals surface area (Å²) in [6.07, 6.45) is 6.66. The van der Waals surface area contributed by atoms with Gasteiger partial charge >= 0.3 is 0 Å². The third-order valence-corrected chi connectivity index (χ3v) is 6.98. The van der Waals surface area contributed by atoms with Crippen molar-refractivity contribution in [2.45, 2.75) is 19.8 Å². The average molecular weight is 495 g/mol. The summed E-state index contributed by atoms with van der Waals surface area (Å²) in [5, 5.41) is 12.9. The van der Waals surface area contributed by atoms with Crippen LogP contribution in [-0.2, 0) is 4.79 Å². The summed E-state index contributed by atoms with van der Waals surface area (Å²) < 4.78 is 0. The van der Waals surface area contributed by atoms with Gasteiger partial charge in [-0.2, -0.15) is 5.10 Å². The van der Waals surface area contributed by atoms with Crippen molar-refractivity contribution in [1.82, 2.24) is 30.0 Å². The van der Waals surface area contributed by atoms with Crippen molar-refractivity contribution in [3.05, 3.63) is 55.0 Å². The van der Waals surface area contributed by atoms with Gasteiger partial charge in [-0.15, -0.1) is 0 Å². The molecular weight excluding hydrogens is 464 g/mol. The highest BCUT2D eigenvalue weighted by atomic mass is 16.1. The Morgan fingerprint density at radius 3 is 2.70 bits per heavy atom. The number of hydrogen-bond donors (Lipinski definition) is 3. The third-order valence-electron chi connectivity index (χ3n) is 6.98. The van der Waals surface area contributed by atoms with Gasteiger partial charge in [0.15, 0.2) is 0 Å². The number of benzene rings is 1. The number of carbonyl (C=O) groups excluding carboxylic acids is 1. The number of anilines is 2. The molecule has 9 nitrogen and oxygen atoms in total. The Kier molecular flexibility index (Phi) is 6.05. The summed E-state index contributed by atoms with van der Waals surface area (Å²) in [5.74, 6) is 1.01. The van der Waals surface area contributed by atoms with Crippen LogP contribution in [0, 0.1) is 0 Å². The molecule has 1 aromatic carbocycles. The number of piperazine rings is 1. The molecule has 5 heterocycles. The van der Waals surface area contributed by atoms with Crippen LogP contribution in [0.2, 0.25) is 0 Å². The van der Waals surface area contributed by atoms with Crippen molar-refractivity contribution in [3.8, 4) is 22.5 Å². The molecule has 0 aliphatic carbocycles. The first-order valence-electron chi connectivity index (χ1n) is 12.7. The molecule has 1 aliphatic heterocycles. The number of nitrogens with zero attached hydrogens (tertiary/aromatic N) is 5. The normalized spacial score (nSPS) is 14.5. The highest BCUT2D eigenvalue weighted by Gasteiger charge is 2.20. The van der Waals surface area contributed by atoms with E-state index in [2.05, 4.69) is 54.5 Å². The quantitative estimate of drug-likeness (QED) is 0.317. The van der Waals surface area contributed by atoms with Gasteiger partial charge in [0.1, 0.15) is 11.5 Å². The molecule has 1 amide bonds. The highest BCUT2D eigenvalue weighted by molar-refractivity contribution is 6.00. The first kappa shape index (κ1) is 23.2. The van der Waals surface area contributed by atoms with Gasteiger partial charge in [-0.1, -0.05) is 13.0 Å². The van der Waals surface area contributed by atoms with Crippen molar-refractivity contribution in [1.29, 1.82) is 0 Å². The number of aromatic nitrogens is 5. The zero-order valence-corrected chi connectivity index (χ0v) is 21.1. The topological polar surface area (TPSA) is 106 Å². The summed E-state index contributed by atoms with van der Waals surface area (Å²) in [4.78, 5) is 29.4. The van der Waals surface area contributed by atoms with E-state index in [4.69, 9.17) is 4.98 Å². The van der Waals surface area contributed by atoms with E-state index in [0.29, 0.717) is 12.1 Å². The molecule has 1 fully saturated rings. The molecule has 1 aliphatic rings. The molecule has 3 N–H and O–H groups in total. The maximum absolute atomic E-state index is 12.1. The predicted molar refractivity (Wildman–Crippen MR) is 148 cm³/mol. The van der Waals surface area contributed by atoms with Crippen molar-refractivity contribution in [3.63, 3.8) is 0 Å². The number of H-pyrrole nitrogens is 2. The first-order chi connectivity index (χ1) is 18.1. The van der Waals surface area contributed by atoms with Gasteiger partial charge < -0.3 is 20.1 Å². The number of hydrogen-bond acceptors (Lipinski definition) is 6. The SMILES string of the molecule is CCCC(=O)Nc1cncc(-c2ccc3[nH]nc(-c4cc5c(N6CCN(C)CC6)nccc5[nH]4)c3c2)c1. The molecule has 6 rings (SSSR count). The second kappa shape index (κ2) is 9.67. The lowest BCUT2D eigenvalue weighted by molar-refractivity contribution is -0.116. The van der Waals surface area contributed by atoms with Gasteiger partial charge in [0.05, 0.1) is 28.6 Å². The third kappa shape index (κ3) is 4.53. The highest BCUT2D eigenvalue weighted by Crippen LogP contribution is 2.34. The minimum Gasteiger partial charge on any atom is -0.353 e. The largest absolute Gasteiger partial charge is 0.353 e. The molecular formula is C28H30N8O. The van der Waals surface area contributed by atoms with Crippen LogP contribution in [0.4, 0.5) is 11.5 Å². The van der Waals surface area contributed by atoms with Crippen molar-refractivity contribution >= 4 is 39.2 Å². The van der Waals surface area contributed by atoms with Crippen LogP contribution in [0.3, 0.4) is 0 Å². The number of nitrogens with one attached hydrogen (secondary N) is 3. The van der Waals surface area contributed by atoms with Crippen LogP contribution in [0.25, 0.3) is 44.3 Å². The molecule has 188 valence electrons. The molecule has 0 bridgehead atoms. The van der Waals surface area contributed by atoms with Crippen LogP contribution >= 0.6 is 0 Å². The summed E-state index contributed by atoms with van der Waals surface area (Å²) in [6, 6.07) is 12.3. The van der Waals surface area contributed by atoms with Gasteiger partial charge in [0.2, 0.25) is 5.91 Å². The van der Waals surface area contributed by atoms with E-state index in [-0.39, 0.29) is 5.91 Å². The molecule has 0 unspecified atom stereocenters. The molecule has 5 aromatic rings. The van der Waals surface area contributed by atoms with Gasteiger partial charge in [-0.25, -0.2) is 4.98 Å². The summed E-state index contributed by atoms with van der Waals surface area (Å²) in [6.45, 7) is 5.97. The van der Waals surface area contributed by atoms with Crippen molar-refractivity contribution in [2.75, 3.05) is 43.4 Å². The summed E-state index contributed by atoms with van der Waals surface area (Å²) in [7, 11) is 2.16. The fourth-order valence-electron chi connectivity index (χ4n) is 4.95. The molecule has 0 atom stereocenters. The lowest BCUT2D eigenvalue weighted by Crippen LogP contribution is -2.44. The predicted octanol–water partition coefficient (Wildman–Crippen LogP) is 4.66. The van der Waals surface area contributed by atoms with E-state index < -0.39 is 0 Å².